The largest absolute Gasteiger partial charge is 0.811 e. The number of hydrogen-bond acceptors (Lipinski definition) is 7. The highest BCUT2D eigenvalue weighted by molar-refractivity contribution is 7.34. The lowest BCUT2D eigenvalue weighted by molar-refractivity contribution is -0.141. The van der Waals surface area contributed by atoms with Gasteiger partial charge in [0, 0.05) is 4.57 Å². The first-order valence-electron chi connectivity index (χ1n) is 2.70. The maximum absolute atomic E-state index is 10.4. The third-order valence-electron chi connectivity index (χ3n) is 0.611. The molecule has 0 aliphatic heterocycles. The molecule has 12 heavy (non-hydrogen) atoms. The van der Waals surface area contributed by atoms with E-state index in [0.717, 1.165) is 0 Å². The second kappa shape index (κ2) is 5.59. The molecular formula is C4H6O7P+. The van der Waals surface area contributed by atoms with Crippen molar-refractivity contribution < 1.29 is 33.4 Å². The molecule has 0 saturated carbocycles. The van der Waals surface area contributed by atoms with Crippen LogP contribution in [0, 0.1) is 0 Å². The van der Waals surface area contributed by atoms with Crippen LogP contribution in [0.1, 0.15) is 0 Å². The van der Waals surface area contributed by atoms with E-state index in [0.29, 0.717) is 0 Å². The molecular weight excluding hydrogens is 191 g/mol. The van der Waals surface area contributed by atoms with Crippen molar-refractivity contribution in [3.63, 3.8) is 0 Å². The number of carbonyl (C=O) groups excluding carboxylic acids is 2. The Labute approximate surface area is 67.9 Å². The Morgan fingerprint density at radius 3 is 1.67 bits per heavy atom. The maximum atomic E-state index is 10.4. The van der Waals surface area contributed by atoms with E-state index in [9.17, 15) is 14.2 Å². The van der Waals surface area contributed by atoms with Gasteiger partial charge in [-0.25, -0.2) is 9.59 Å². The molecule has 0 aromatic carbocycles. The van der Waals surface area contributed by atoms with Crippen LogP contribution in [0.4, 0.5) is 0 Å². The SMILES string of the molecule is O=C(CO)O[P+](=O)OC(=O)CO. The fraction of sp³-hybridized carbons (Fsp3) is 0.500. The molecule has 0 spiro atoms. The summed E-state index contributed by atoms with van der Waals surface area (Å²) < 4.78 is 18.1. The van der Waals surface area contributed by atoms with Crippen molar-refractivity contribution in [1.29, 1.82) is 0 Å². The summed E-state index contributed by atoms with van der Waals surface area (Å²) >= 11 is 0. The van der Waals surface area contributed by atoms with Crippen molar-refractivity contribution >= 4 is 20.2 Å². The summed E-state index contributed by atoms with van der Waals surface area (Å²) in [4.78, 5) is 20.4. The monoisotopic (exact) mass is 197 g/mol. The van der Waals surface area contributed by atoms with Gasteiger partial charge in [0.2, 0.25) is 0 Å². The van der Waals surface area contributed by atoms with Crippen LogP contribution in [-0.4, -0.2) is 35.4 Å². The van der Waals surface area contributed by atoms with E-state index in [1.807, 2.05) is 0 Å². The first-order chi connectivity index (χ1) is 5.60. The lowest BCUT2D eigenvalue weighted by atomic mass is 10.8. The number of carbonyl (C=O) groups is 2. The molecule has 0 heterocycles. The van der Waals surface area contributed by atoms with Gasteiger partial charge in [-0.3, -0.25) is 0 Å². The summed E-state index contributed by atoms with van der Waals surface area (Å²) in [6.07, 6.45) is 0. The zero-order valence-corrected chi connectivity index (χ0v) is 6.69. The van der Waals surface area contributed by atoms with Crippen LogP contribution < -0.4 is 0 Å². The number of rotatable bonds is 4. The molecule has 0 unspecified atom stereocenters. The molecule has 0 bridgehead atoms. The van der Waals surface area contributed by atoms with Crippen molar-refractivity contribution in [2.24, 2.45) is 0 Å². The summed E-state index contributed by atoms with van der Waals surface area (Å²) in [6, 6.07) is 0. The van der Waals surface area contributed by atoms with E-state index < -0.39 is 33.4 Å². The van der Waals surface area contributed by atoms with Crippen LogP contribution in [0.25, 0.3) is 0 Å². The summed E-state index contributed by atoms with van der Waals surface area (Å²) in [5, 5.41) is 16.2. The molecule has 0 aliphatic carbocycles. The standard InChI is InChI=1S/C4H6O7P/c5-1-3(7)10-12(9)11-4(8)2-6/h5-6H,1-2H2/q+1. The highest BCUT2D eigenvalue weighted by Crippen LogP contribution is 2.23. The highest BCUT2D eigenvalue weighted by Gasteiger charge is 2.30. The first-order valence-corrected chi connectivity index (χ1v) is 3.80. The molecule has 0 aromatic rings. The van der Waals surface area contributed by atoms with Gasteiger partial charge in [-0.05, 0) is 0 Å². The molecule has 7 nitrogen and oxygen atoms in total. The van der Waals surface area contributed by atoms with Gasteiger partial charge < -0.3 is 10.2 Å². The molecule has 0 saturated heterocycles. The van der Waals surface area contributed by atoms with Crippen LogP contribution in [-0.2, 0) is 23.2 Å². The van der Waals surface area contributed by atoms with Gasteiger partial charge in [0.1, 0.15) is 13.2 Å². The van der Waals surface area contributed by atoms with Crippen LogP contribution in [0.15, 0.2) is 0 Å². The topological polar surface area (TPSA) is 110 Å². The zero-order chi connectivity index (χ0) is 9.56. The minimum Gasteiger partial charge on any atom is -0.384 e. The molecule has 0 fully saturated rings. The Morgan fingerprint density at radius 1 is 1.08 bits per heavy atom. The van der Waals surface area contributed by atoms with Gasteiger partial charge in [0.15, 0.2) is 0 Å². The number of hydrogen-bond donors (Lipinski definition) is 2. The molecule has 0 radical (unpaired) electrons. The molecule has 2 N–H and O–H groups in total. The van der Waals surface area contributed by atoms with E-state index in [4.69, 9.17) is 10.2 Å². The van der Waals surface area contributed by atoms with Crippen molar-refractivity contribution in [3.8, 4) is 0 Å². The van der Waals surface area contributed by atoms with Gasteiger partial charge in [-0.2, -0.15) is 9.05 Å². The van der Waals surface area contributed by atoms with Crippen LogP contribution in [0.3, 0.4) is 0 Å². The third-order valence-corrected chi connectivity index (χ3v) is 1.32. The van der Waals surface area contributed by atoms with Crippen molar-refractivity contribution in [3.05, 3.63) is 0 Å². The average molecular weight is 197 g/mol. The lowest BCUT2D eigenvalue weighted by Crippen LogP contribution is -2.08. The quantitative estimate of drug-likeness (QED) is 0.539. The van der Waals surface area contributed by atoms with Crippen LogP contribution in [0.5, 0.6) is 0 Å². The van der Waals surface area contributed by atoms with Crippen molar-refractivity contribution in [2.75, 3.05) is 13.2 Å². The van der Waals surface area contributed by atoms with Gasteiger partial charge in [0.05, 0.1) is 0 Å². The van der Waals surface area contributed by atoms with E-state index in [2.05, 4.69) is 9.05 Å². The number of aliphatic hydroxyl groups is 2. The normalized spacial score (nSPS) is 8.83. The molecule has 0 aliphatic rings. The Balaban J connectivity index is 3.74. The fourth-order valence-corrected chi connectivity index (χ4v) is 0.728. The molecule has 0 atom stereocenters. The van der Waals surface area contributed by atoms with Crippen molar-refractivity contribution in [1.82, 2.24) is 0 Å². The summed E-state index contributed by atoms with van der Waals surface area (Å²) in [5.74, 6) is -2.36. The minimum atomic E-state index is -2.94. The Hall–Kier alpha value is -1.04. The first kappa shape index (κ1) is 11.0. The zero-order valence-electron chi connectivity index (χ0n) is 5.80. The summed E-state index contributed by atoms with van der Waals surface area (Å²) in [6.45, 7) is -1.92. The summed E-state index contributed by atoms with van der Waals surface area (Å²) in [5.41, 5.74) is 0. The molecule has 0 rings (SSSR count). The third kappa shape index (κ3) is 4.73. The Morgan fingerprint density at radius 2 is 1.42 bits per heavy atom. The molecule has 68 valence electrons. The van der Waals surface area contributed by atoms with E-state index in [1.165, 1.54) is 0 Å². The lowest BCUT2D eigenvalue weighted by Gasteiger charge is -1.86. The van der Waals surface area contributed by atoms with E-state index in [1.54, 1.807) is 0 Å². The Bertz CT molecular complexity index is 180. The van der Waals surface area contributed by atoms with E-state index >= 15 is 0 Å². The molecule has 0 amide bonds. The second-order valence-corrected chi connectivity index (χ2v) is 2.28. The average Bonchev–Trinajstić information content (AvgIpc) is 2.03. The van der Waals surface area contributed by atoms with Gasteiger partial charge in [0.25, 0.3) is 0 Å². The number of aliphatic hydroxyl groups excluding tert-OH is 2. The highest BCUT2D eigenvalue weighted by atomic mass is 31.1. The maximum Gasteiger partial charge on any atom is 0.811 e. The predicted molar refractivity (Wildman–Crippen MR) is 34.0 cm³/mol. The molecule has 8 heteroatoms. The van der Waals surface area contributed by atoms with Gasteiger partial charge >= 0.3 is 20.2 Å². The van der Waals surface area contributed by atoms with Crippen LogP contribution in [0.2, 0.25) is 0 Å². The fourth-order valence-electron chi connectivity index (χ4n) is 0.243. The van der Waals surface area contributed by atoms with E-state index in [-0.39, 0.29) is 0 Å². The van der Waals surface area contributed by atoms with Crippen molar-refractivity contribution in [2.45, 2.75) is 0 Å². The second-order valence-electron chi connectivity index (χ2n) is 1.47. The summed E-state index contributed by atoms with van der Waals surface area (Å²) in [7, 11) is -2.94. The van der Waals surface area contributed by atoms with Gasteiger partial charge in [-0.15, -0.1) is 0 Å². The Kier molecular flexibility index (Phi) is 5.11. The smallest absolute Gasteiger partial charge is 0.384 e. The predicted octanol–water partition coefficient (Wildman–Crippen LogP) is -1.29. The van der Waals surface area contributed by atoms with Gasteiger partial charge in [-0.1, -0.05) is 0 Å². The van der Waals surface area contributed by atoms with Crippen LogP contribution >= 0.6 is 8.25 Å². The minimum absolute atomic E-state index is 0.961. The molecule has 0 aromatic heterocycles.